The number of carboxylic acid groups (broad SMARTS) is 2. The molecule has 0 radical (unpaired) electrons. The van der Waals surface area contributed by atoms with E-state index < -0.39 is 11.9 Å². The van der Waals surface area contributed by atoms with Crippen molar-refractivity contribution >= 4 is 36.4 Å². The number of rotatable bonds is 16. The Balaban J connectivity index is 0. The molecule has 0 aliphatic rings. The fraction of sp³-hybridized carbons (Fsp3) is 0.778. The Morgan fingerprint density at radius 1 is 0.647 bits per heavy atom. The van der Waals surface area contributed by atoms with E-state index >= 15 is 0 Å². The van der Waals surface area contributed by atoms with Gasteiger partial charge >= 0.3 is 59.1 Å². The van der Waals surface area contributed by atoms with Gasteiger partial charge in [-0.25, -0.2) is 9.36 Å². The summed E-state index contributed by atoms with van der Waals surface area (Å²) in [7, 11) is 0. The maximum atomic E-state index is 10.1. The molecule has 2 heterocycles. The van der Waals surface area contributed by atoms with Crippen LogP contribution in [0.1, 0.15) is 77.0 Å². The minimum atomic E-state index is -0.963. The number of aromatic amines is 2. The summed E-state index contributed by atoms with van der Waals surface area (Å²) in [6.45, 7) is 1.57. The second kappa shape index (κ2) is 23.0. The van der Waals surface area contributed by atoms with Crippen molar-refractivity contribution in [2.24, 2.45) is 0 Å². The van der Waals surface area contributed by atoms with Gasteiger partial charge in [-0.1, -0.05) is 59.1 Å². The van der Waals surface area contributed by atoms with E-state index in [0.29, 0.717) is 22.4 Å². The number of hydrogen-bond acceptors (Lipinski definition) is 10. The van der Waals surface area contributed by atoms with Crippen molar-refractivity contribution in [1.29, 1.82) is 0 Å². The number of unbranched alkanes of at least 4 members (excludes halogenated alkanes) is 8. The summed E-state index contributed by atoms with van der Waals surface area (Å²) in [6, 6.07) is 0. The third kappa shape index (κ3) is 18.8. The maximum Gasteiger partial charge on any atom is 1.00 e. The summed E-state index contributed by atoms with van der Waals surface area (Å²) in [6.07, 6.45) is 9.73. The van der Waals surface area contributed by atoms with Gasteiger partial charge in [-0.2, -0.15) is 10.4 Å². The van der Waals surface area contributed by atoms with E-state index in [4.69, 9.17) is 24.4 Å². The first-order valence-electron chi connectivity index (χ1n) is 10.8. The van der Waals surface area contributed by atoms with Crippen LogP contribution in [0.4, 0.5) is 0 Å². The van der Waals surface area contributed by atoms with Crippen molar-refractivity contribution in [2.75, 3.05) is 0 Å². The van der Waals surface area contributed by atoms with Gasteiger partial charge in [-0.05, 0) is 63.0 Å². The molecule has 0 unspecified atom stereocenters. The molecule has 2 N–H and O–H groups in total. The number of carbonyl (C=O) groups excluding carboxylic acids is 2. The van der Waals surface area contributed by atoms with Crippen LogP contribution >= 0.6 is 24.4 Å². The van der Waals surface area contributed by atoms with E-state index in [1.807, 2.05) is 0 Å². The van der Waals surface area contributed by atoms with Gasteiger partial charge in [-0.3, -0.25) is 0 Å². The molecule has 180 valence electrons. The van der Waals surface area contributed by atoms with Crippen molar-refractivity contribution in [2.45, 2.75) is 90.1 Å². The molecular weight excluding hydrogens is 502 g/mol. The molecule has 0 aliphatic carbocycles. The van der Waals surface area contributed by atoms with E-state index in [9.17, 15) is 19.8 Å². The van der Waals surface area contributed by atoms with Crippen LogP contribution in [0, 0.1) is 9.54 Å². The molecule has 0 atom stereocenters. The fourth-order valence-corrected chi connectivity index (χ4v) is 3.21. The number of nitrogens with one attached hydrogen (secondary N) is 2. The number of aromatic nitrogens is 8. The number of nitrogens with zero attached hydrogens (tertiary/aromatic N) is 6. The van der Waals surface area contributed by atoms with Crippen LogP contribution in [0.3, 0.4) is 0 Å². The molecule has 0 spiro atoms. The fourth-order valence-electron chi connectivity index (χ4n) is 2.86. The molecule has 0 aliphatic heterocycles. The van der Waals surface area contributed by atoms with Crippen molar-refractivity contribution in [3.63, 3.8) is 0 Å². The van der Waals surface area contributed by atoms with Gasteiger partial charge in [0, 0.05) is 25.0 Å². The monoisotopic (exact) mass is 532 g/mol. The first kappa shape index (κ1) is 35.7. The molecule has 34 heavy (non-hydrogen) atoms. The molecule has 0 saturated heterocycles. The molecule has 0 aromatic carbocycles. The molecule has 0 saturated carbocycles. The minimum Gasteiger partial charge on any atom is -0.550 e. The summed E-state index contributed by atoms with van der Waals surface area (Å²) in [5, 5.41) is 40.1. The maximum absolute atomic E-state index is 10.1. The quantitative estimate of drug-likeness (QED) is 0.121. The largest absolute Gasteiger partial charge is 1.00 e. The summed E-state index contributed by atoms with van der Waals surface area (Å²) in [5.74, 6) is -1.93. The SMILES string of the molecule is O=C([O-])CCCCCCCn1[nH]nnc1=S.O=C([O-])CCCCCCCn1[nH]nnc1=S.[Na+].[Na+]. The zero-order valence-electron chi connectivity index (χ0n) is 20.0. The van der Waals surface area contributed by atoms with Crippen LogP contribution in [-0.4, -0.2) is 52.4 Å². The second-order valence-electron chi connectivity index (χ2n) is 7.25. The van der Waals surface area contributed by atoms with Crippen molar-refractivity contribution < 1.29 is 78.9 Å². The van der Waals surface area contributed by atoms with Crippen LogP contribution in [0.5, 0.6) is 0 Å². The summed E-state index contributed by atoms with van der Waals surface area (Å²) in [4.78, 5) is 20.3. The Kier molecular flexibility index (Phi) is 24.1. The van der Waals surface area contributed by atoms with Crippen molar-refractivity contribution in [1.82, 2.24) is 40.4 Å². The smallest absolute Gasteiger partial charge is 0.550 e. The third-order valence-electron chi connectivity index (χ3n) is 4.59. The number of carboxylic acids is 2. The third-order valence-corrected chi connectivity index (χ3v) is 5.19. The number of hydrogen-bond donors (Lipinski definition) is 2. The van der Waals surface area contributed by atoms with Gasteiger partial charge in [0.25, 0.3) is 0 Å². The minimum absolute atomic E-state index is 0. The zero-order valence-corrected chi connectivity index (χ0v) is 25.7. The number of carbonyl (C=O) groups is 2. The first-order valence-corrected chi connectivity index (χ1v) is 11.6. The Morgan fingerprint density at radius 2 is 0.971 bits per heavy atom. The predicted molar refractivity (Wildman–Crippen MR) is 116 cm³/mol. The van der Waals surface area contributed by atoms with Gasteiger partial charge in [0.1, 0.15) is 0 Å². The molecular formula is C18H30N8Na2O4S2. The van der Waals surface area contributed by atoms with Crippen LogP contribution < -0.4 is 69.3 Å². The molecule has 2 aromatic rings. The van der Waals surface area contributed by atoms with Gasteiger partial charge in [0.05, 0.1) is 0 Å². The number of tetrazole rings is 2. The van der Waals surface area contributed by atoms with E-state index in [0.717, 1.165) is 64.5 Å². The summed E-state index contributed by atoms with van der Waals surface area (Å²) < 4.78 is 4.38. The van der Waals surface area contributed by atoms with Gasteiger partial charge in [0.2, 0.25) is 9.54 Å². The standard InChI is InChI=1S/2C9H16N4O2S.2Na/c2*14-8(15)6-4-2-1-3-5-7-13-9(16)10-11-12-13;;/h2*1-7H2,(H,14,15)(H,10,12,16);;/q;;2*+1/p-2. The van der Waals surface area contributed by atoms with Crippen molar-refractivity contribution in [3.8, 4) is 0 Å². The number of aliphatic carboxylic acids is 2. The normalized spacial score (nSPS) is 9.88. The van der Waals surface area contributed by atoms with E-state index in [1.54, 1.807) is 9.36 Å². The Morgan fingerprint density at radius 3 is 1.26 bits per heavy atom. The average molecular weight is 533 g/mol. The van der Waals surface area contributed by atoms with Gasteiger partial charge < -0.3 is 19.8 Å². The van der Waals surface area contributed by atoms with Gasteiger partial charge in [-0.15, -0.1) is 0 Å². The second-order valence-corrected chi connectivity index (χ2v) is 7.98. The summed E-state index contributed by atoms with van der Waals surface area (Å²) >= 11 is 9.84. The molecule has 0 fully saturated rings. The van der Waals surface area contributed by atoms with E-state index in [2.05, 4.69) is 31.1 Å². The number of H-pyrrole nitrogens is 2. The van der Waals surface area contributed by atoms with Crippen molar-refractivity contribution in [3.05, 3.63) is 9.54 Å². The molecule has 2 rings (SSSR count). The molecule has 16 heteroatoms. The Labute approximate surface area is 253 Å². The zero-order chi connectivity index (χ0) is 23.6. The first-order chi connectivity index (χ1) is 15.4. The predicted octanol–water partition coefficient (Wildman–Crippen LogP) is -5.14. The Bertz CT molecular complexity index is 830. The van der Waals surface area contributed by atoms with E-state index in [-0.39, 0.29) is 72.0 Å². The van der Waals surface area contributed by atoms with Crippen LogP contribution in [-0.2, 0) is 22.7 Å². The molecule has 0 bridgehead atoms. The van der Waals surface area contributed by atoms with Crippen LogP contribution in [0.15, 0.2) is 0 Å². The summed E-state index contributed by atoms with van der Waals surface area (Å²) in [5.41, 5.74) is 0. The average Bonchev–Trinajstić information content (AvgIpc) is 3.34. The number of aryl methyl sites for hydroxylation is 2. The Hall–Kier alpha value is -0.480. The molecule has 0 amide bonds. The molecule has 2 aromatic heterocycles. The van der Waals surface area contributed by atoms with E-state index in [1.165, 1.54) is 0 Å². The molecule has 12 nitrogen and oxygen atoms in total. The van der Waals surface area contributed by atoms with Crippen LogP contribution in [0.2, 0.25) is 0 Å². The van der Waals surface area contributed by atoms with Crippen LogP contribution in [0.25, 0.3) is 0 Å². The van der Waals surface area contributed by atoms with Gasteiger partial charge in [0.15, 0.2) is 0 Å². The topological polar surface area (TPSA) is 173 Å².